The van der Waals surface area contributed by atoms with Crippen LogP contribution in [0.1, 0.15) is 50.4 Å². The van der Waals surface area contributed by atoms with Gasteiger partial charge in [-0.2, -0.15) is 0 Å². The van der Waals surface area contributed by atoms with Gasteiger partial charge in [-0.1, -0.05) is 18.2 Å². The van der Waals surface area contributed by atoms with Crippen LogP contribution in [0.5, 0.6) is 5.75 Å². The Morgan fingerprint density at radius 1 is 1.12 bits per heavy atom. The van der Waals surface area contributed by atoms with Gasteiger partial charge in [-0.05, 0) is 68.1 Å². The van der Waals surface area contributed by atoms with Gasteiger partial charge in [0.25, 0.3) is 0 Å². The number of amides is 2. The summed E-state index contributed by atoms with van der Waals surface area (Å²) in [5.74, 6) is -0.0124. The van der Waals surface area contributed by atoms with Crippen LogP contribution >= 0.6 is 0 Å². The summed E-state index contributed by atoms with van der Waals surface area (Å²) >= 11 is 0. The molecule has 2 amide bonds. The summed E-state index contributed by atoms with van der Waals surface area (Å²) in [7, 11) is 1.30. The molecule has 0 bridgehead atoms. The second kappa shape index (κ2) is 9.94. The van der Waals surface area contributed by atoms with Gasteiger partial charge in [0.2, 0.25) is 5.91 Å². The highest BCUT2D eigenvalue weighted by molar-refractivity contribution is 5.88. The minimum atomic E-state index is -0.878. The maximum Gasteiger partial charge on any atom is 0.411 e. The van der Waals surface area contributed by atoms with E-state index < -0.39 is 23.7 Å². The van der Waals surface area contributed by atoms with E-state index in [9.17, 15) is 14.4 Å². The molecule has 176 valence electrons. The number of esters is 1. The number of hydrogen-bond donors (Lipinski definition) is 1. The molecule has 0 radical (unpaired) electrons. The van der Waals surface area contributed by atoms with Crippen LogP contribution in [0.4, 0.5) is 10.5 Å². The molecule has 1 heterocycles. The third-order valence-electron chi connectivity index (χ3n) is 5.05. The van der Waals surface area contributed by atoms with Crippen LogP contribution in [0.3, 0.4) is 0 Å². The van der Waals surface area contributed by atoms with Gasteiger partial charge < -0.3 is 19.5 Å². The molecule has 0 spiro atoms. The second-order valence-electron chi connectivity index (χ2n) is 8.88. The fourth-order valence-electron chi connectivity index (χ4n) is 3.68. The fraction of sp³-hybridized carbons (Fsp3) is 0.400. The molecule has 1 atom stereocenters. The zero-order valence-corrected chi connectivity index (χ0v) is 19.6. The third-order valence-corrected chi connectivity index (χ3v) is 5.05. The number of benzene rings is 2. The van der Waals surface area contributed by atoms with Gasteiger partial charge in [0.05, 0.1) is 7.11 Å². The van der Waals surface area contributed by atoms with E-state index in [4.69, 9.17) is 14.2 Å². The highest BCUT2D eigenvalue weighted by Gasteiger charge is 2.39. The molecule has 33 heavy (non-hydrogen) atoms. The normalized spacial score (nSPS) is 15.3. The predicted octanol–water partition coefficient (Wildman–Crippen LogP) is 4.23. The van der Waals surface area contributed by atoms with Crippen molar-refractivity contribution >= 4 is 23.7 Å². The SMILES string of the molecule is COC(=O)[C@H]1c2ccc(OCc3cccc(NC(C)=O)c3)cc2CCN1C(=O)OC(C)(C)C. The van der Waals surface area contributed by atoms with Crippen molar-refractivity contribution in [3.8, 4) is 5.75 Å². The lowest BCUT2D eigenvalue weighted by molar-refractivity contribution is -0.147. The molecule has 1 N–H and O–H groups in total. The zero-order chi connectivity index (χ0) is 24.2. The van der Waals surface area contributed by atoms with Crippen molar-refractivity contribution in [3.05, 3.63) is 59.2 Å². The molecule has 8 nitrogen and oxygen atoms in total. The average molecular weight is 455 g/mol. The van der Waals surface area contributed by atoms with E-state index in [0.29, 0.717) is 36.6 Å². The topological polar surface area (TPSA) is 94.2 Å². The van der Waals surface area contributed by atoms with E-state index in [1.54, 1.807) is 32.9 Å². The van der Waals surface area contributed by atoms with Gasteiger partial charge in [0.1, 0.15) is 18.0 Å². The number of hydrogen-bond acceptors (Lipinski definition) is 6. The summed E-state index contributed by atoms with van der Waals surface area (Å²) in [6.45, 7) is 7.45. The number of ether oxygens (including phenoxy) is 3. The minimum absolute atomic E-state index is 0.136. The molecule has 2 aromatic carbocycles. The van der Waals surface area contributed by atoms with Gasteiger partial charge in [0, 0.05) is 19.2 Å². The predicted molar refractivity (Wildman–Crippen MR) is 123 cm³/mol. The fourth-order valence-corrected chi connectivity index (χ4v) is 3.68. The lowest BCUT2D eigenvalue weighted by atomic mass is 9.92. The van der Waals surface area contributed by atoms with Crippen molar-refractivity contribution in [1.82, 2.24) is 4.90 Å². The molecule has 2 aromatic rings. The first-order valence-electron chi connectivity index (χ1n) is 10.8. The number of fused-ring (bicyclic) bond motifs is 1. The van der Waals surface area contributed by atoms with E-state index in [2.05, 4.69) is 5.32 Å². The van der Waals surface area contributed by atoms with Crippen molar-refractivity contribution in [3.63, 3.8) is 0 Å². The summed E-state index contributed by atoms with van der Waals surface area (Å²) in [6, 6.07) is 12.0. The van der Waals surface area contributed by atoms with Gasteiger partial charge in [0.15, 0.2) is 6.04 Å². The Hall–Kier alpha value is -3.55. The number of rotatable bonds is 5. The minimum Gasteiger partial charge on any atom is -0.489 e. The average Bonchev–Trinajstić information content (AvgIpc) is 2.74. The van der Waals surface area contributed by atoms with E-state index in [1.807, 2.05) is 30.3 Å². The molecule has 0 unspecified atom stereocenters. The highest BCUT2D eigenvalue weighted by atomic mass is 16.6. The van der Waals surface area contributed by atoms with Crippen LogP contribution in [0, 0.1) is 0 Å². The van der Waals surface area contributed by atoms with Crippen molar-refractivity contribution in [2.24, 2.45) is 0 Å². The Labute approximate surface area is 193 Å². The van der Waals surface area contributed by atoms with Gasteiger partial charge in [-0.3, -0.25) is 9.69 Å². The Bertz CT molecular complexity index is 1040. The quantitative estimate of drug-likeness (QED) is 0.680. The molecule has 1 aliphatic rings. The molecule has 0 aliphatic carbocycles. The number of carbonyl (C=O) groups is 3. The largest absolute Gasteiger partial charge is 0.489 e. The van der Waals surface area contributed by atoms with Crippen LogP contribution in [0.15, 0.2) is 42.5 Å². The number of nitrogens with zero attached hydrogens (tertiary/aromatic N) is 1. The van der Waals surface area contributed by atoms with E-state index in [0.717, 1.165) is 11.1 Å². The van der Waals surface area contributed by atoms with Crippen molar-refractivity contribution in [2.45, 2.75) is 52.4 Å². The van der Waals surface area contributed by atoms with Crippen molar-refractivity contribution in [2.75, 3.05) is 19.0 Å². The lowest BCUT2D eigenvalue weighted by Crippen LogP contribution is -2.46. The first kappa shape index (κ1) is 24.1. The van der Waals surface area contributed by atoms with E-state index in [-0.39, 0.29) is 5.91 Å². The number of methoxy groups -OCH3 is 1. The Kier molecular flexibility index (Phi) is 7.26. The molecule has 8 heteroatoms. The summed E-state index contributed by atoms with van der Waals surface area (Å²) < 4.78 is 16.4. The molecule has 0 fully saturated rings. The number of carbonyl (C=O) groups excluding carboxylic acids is 3. The molecule has 0 saturated heterocycles. The van der Waals surface area contributed by atoms with Gasteiger partial charge in [-0.15, -0.1) is 0 Å². The van der Waals surface area contributed by atoms with Crippen molar-refractivity contribution in [1.29, 1.82) is 0 Å². The van der Waals surface area contributed by atoms with Crippen molar-refractivity contribution < 1.29 is 28.6 Å². The molecule has 0 saturated carbocycles. The number of nitrogens with one attached hydrogen (secondary N) is 1. The number of anilines is 1. The van der Waals surface area contributed by atoms with Gasteiger partial charge >= 0.3 is 12.1 Å². The monoisotopic (exact) mass is 454 g/mol. The summed E-state index contributed by atoms with van der Waals surface area (Å²) in [5, 5.41) is 2.75. The standard InChI is InChI=1S/C25H30N2O6/c1-16(28)26-19-8-6-7-17(13-19)15-32-20-9-10-21-18(14-20)11-12-27(22(21)23(29)31-5)24(30)33-25(2,3)4/h6-10,13-14,22H,11-12,15H2,1-5H3,(H,26,28)/t22-/m1/s1. The smallest absolute Gasteiger partial charge is 0.411 e. The van der Waals surface area contributed by atoms with Crippen LogP contribution in [-0.2, 0) is 32.1 Å². The van der Waals surface area contributed by atoms with Crippen LogP contribution in [0.2, 0.25) is 0 Å². The Morgan fingerprint density at radius 3 is 2.55 bits per heavy atom. The summed E-state index contributed by atoms with van der Waals surface area (Å²) in [6.07, 6.45) is 0.0000205. The first-order valence-corrected chi connectivity index (χ1v) is 10.8. The molecular weight excluding hydrogens is 424 g/mol. The van der Waals surface area contributed by atoms with Crippen LogP contribution in [-0.4, -0.2) is 42.1 Å². The van der Waals surface area contributed by atoms with Gasteiger partial charge in [-0.25, -0.2) is 9.59 Å². The maximum absolute atomic E-state index is 12.7. The Balaban J connectivity index is 1.77. The summed E-state index contributed by atoms with van der Waals surface area (Å²) in [5.41, 5.74) is 2.54. The molecule has 3 rings (SSSR count). The summed E-state index contributed by atoms with van der Waals surface area (Å²) in [4.78, 5) is 38.0. The zero-order valence-electron chi connectivity index (χ0n) is 19.6. The Morgan fingerprint density at radius 2 is 1.88 bits per heavy atom. The molecule has 1 aliphatic heterocycles. The first-order chi connectivity index (χ1) is 15.6. The van der Waals surface area contributed by atoms with Crippen LogP contribution < -0.4 is 10.1 Å². The maximum atomic E-state index is 12.7. The van der Waals surface area contributed by atoms with Crippen LogP contribution in [0.25, 0.3) is 0 Å². The highest BCUT2D eigenvalue weighted by Crippen LogP contribution is 2.34. The molecular formula is C25H30N2O6. The lowest BCUT2D eigenvalue weighted by Gasteiger charge is -2.36. The van der Waals surface area contributed by atoms with E-state index >= 15 is 0 Å². The second-order valence-corrected chi connectivity index (χ2v) is 8.88. The van der Waals surface area contributed by atoms with E-state index in [1.165, 1.54) is 18.9 Å². The third kappa shape index (κ3) is 6.25. The molecule has 0 aromatic heterocycles.